The Morgan fingerprint density at radius 2 is 1.81 bits per heavy atom. The van der Waals surface area contributed by atoms with Gasteiger partial charge in [-0.2, -0.15) is 0 Å². The van der Waals surface area contributed by atoms with Gasteiger partial charge in [0.1, 0.15) is 5.75 Å². The van der Waals surface area contributed by atoms with Crippen LogP contribution < -0.4 is 4.74 Å². The lowest BCUT2D eigenvalue weighted by Gasteiger charge is -2.17. The van der Waals surface area contributed by atoms with Gasteiger partial charge < -0.3 is 18.9 Å². The lowest BCUT2D eigenvalue weighted by Crippen LogP contribution is -2.21. The molecular weight excluding hydrogens is 268 g/mol. The standard InChI is InChI=1S/C15H24O4.C2H6/c1-5-19-11-14(17-3)9-13-7-6-12(10-16-2)8-15(13)18-4;1-2/h6-8,14H,5,9-11H2,1-4H3;1-2H3. The molecule has 0 N–H and O–H groups in total. The van der Waals surface area contributed by atoms with Crippen LogP contribution in [0.3, 0.4) is 0 Å². The van der Waals surface area contributed by atoms with E-state index in [9.17, 15) is 0 Å². The minimum atomic E-state index is 0.0436. The molecule has 1 atom stereocenters. The van der Waals surface area contributed by atoms with Gasteiger partial charge in [0.2, 0.25) is 0 Å². The molecule has 21 heavy (non-hydrogen) atoms. The van der Waals surface area contributed by atoms with Gasteiger partial charge in [-0.15, -0.1) is 0 Å². The SMILES string of the molecule is CC.CCOCC(Cc1ccc(COC)cc1OC)OC. The second-order valence-corrected chi connectivity index (χ2v) is 4.30. The highest BCUT2D eigenvalue weighted by molar-refractivity contribution is 5.37. The van der Waals surface area contributed by atoms with Crippen molar-refractivity contribution >= 4 is 0 Å². The number of hydrogen-bond donors (Lipinski definition) is 0. The van der Waals surface area contributed by atoms with Crippen molar-refractivity contribution < 1.29 is 18.9 Å². The number of rotatable bonds is 9. The summed E-state index contributed by atoms with van der Waals surface area (Å²) in [5, 5.41) is 0. The van der Waals surface area contributed by atoms with Crippen LogP contribution in [-0.2, 0) is 27.2 Å². The summed E-state index contributed by atoms with van der Waals surface area (Å²) in [6.07, 6.45) is 0.814. The van der Waals surface area contributed by atoms with E-state index < -0.39 is 0 Å². The first-order valence-corrected chi connectivity index (χ1v) is 7.50. The molecule has 1 unspecified atom stereocenters. The molecule has 0 aromatic heterocycles. The third-order valence-electron chi connectivity index (χ3n) is 2.95. The second kappa shape index (κ2) is 12.6. The topological polar surface area (TPSA) is 36.9 Å². The molecule has 0 bridgehead atoms. The first-order chi connectivity index (χ1) is 10.2. The minimum absolute atomic E-state index is 0.0436. The van der Waals surface area contributed by atoms with Gasteiger partial charge in [0.25, 0.3) is 0 Å². The molecule has 1 aromatic rings. The first kappa shape index (κ1) is 19.9. The minimum Gasteiger partial charge on any atom is -0.496 e. The largest absolute Gasteiger partial charge is 0.496 e. The fourth-order valence-electron chi connectivity index (χ4n) is 1.92. The summed E-state index contributed by atoms with van der Waals surface area (Å²) in [7, 11) is 5.07. The van der Waals surface area contributed by atoms with Crippen molar-refractivity contribution in [2.24, 2.45) is 0 Å². The predicted molar refractivity (Wildman–Crippen MR) is 86.0 cm³/mol. The smallest absolute Gasteiger partial charge is 0.122 e. The number of benzene rings is 1. The molecule has 0 saturated carbocycles. The monoisotopic (exact) mass is 298 g/mol. The Hall–Kier alpha value is -1.10. The highest BCUT2D eigenvalue weighted by atomic mass is 16.5. The van der Waals surface area contributed by atoms with Crippen molar-refractivity contribution in [2.75, 3.05) is 34.5 Å². The van der Waals surface area contributed by atoms with Crippen LogP contribution in [0.15, 0.2) is 18.2 Å². The fraction of sp³-hybridized carbons (Fsp3) is 0.647. The van der Waals surface area contributed by atoms with Gasteiger partial charge in [-0.1, -0.05) is 26.0 Å². The van der Waals surface area contributed by atoms with Crippen LogP contribution >= 0.6 is 0 Å². The molecule has 0 radical (unpaired) electrons. The van der Waals surface area contributed by atoms with Crippen LogP contribution in [-0.4, -0.2) is 40.6 Å². The Morgan fingerprint density at radius 3 is 2.33 bits per heavy atom. The normalized spacial score (nSPS) is 11.5. The highest BCUT2D eigenvalue weighted by Crippen LogP contribution is 2.22. The zero-order valence-electron chi connectivity index (χ0n) is 14.3. The zero-order valence-corrected chi connectivity index (χ0v) is 14.3. The van der Waals surface area contributed by atoms with Gasteiger partial charge in [0.15, 0.2) is 0 Å². The van der Waals surface area contributed by atoms with Crippen molar-refractivity contribution in [1.29, 1.82) is 0 Å². The van der Waals surface area contributed by atoms with Gasteiger partial charge in [-0.25, -0.2) is 0 Å². The van der Waals surface area contributed by atoms with E-state index >= 15 is 0 Å². The third-order valence-corrected chi connectivity index (χ3v) is 2.95. The summed E-state index contributed by atoms with van der Waals surface area (Å²) in [4.78, 5) is 0. The average molecular weight is 298 g/mol. The molecule has 4 nitrogen and oxygen atoms in total. The summed E-state index contributed by atoms with van der Waals surface area (Å²) in [6.45, 7) is 7.86. The lowest BCUT2D eigenvalue weighted by molar-refractivity contribution is 0.0130. The van der Waals surface area contributed by atoms with Crippen molar-refractivity contribution in [3.05, 3.63) is 29.3 Å². The Kier molecular flexibility index (Phi) is 12.0. The van der Waals surface area contributed by atoms with Crippen molar-refractivity contribution in [1.82, 2.24) is 0 Å². The van der Waals surface area contributed by atoms with E-state index in [4.69, 9.17) is 18.9 Å². The maximum absolute atomic E-state index is 5.43. The summed E-state index contributed by atoms with van der Waals surface area (Å²) < 4.78 is 21.4. The van der Waals surface area contributed by atoms with E-state index in [2.05, 4.69) is 12.1 Å². The summed E-state index contributed by atoms with van der Waals surface area (Å²) >= 11 is 0. The molecule has 0 amide bonds. The summed E-state index contributed by atoms with van der Waals surface area (Å²) in [5.41, 5.74) is 2.22. The lowest BCUT2D eigenvalue weighted by atomic mass is 10.0. The van der Waals surface area contributed by atoms with Crippen molar-refractivity contribution in [3.8, 4) is 5.75 Å². The molecule has 0 aliphatic heterocycles. The van der Waals surface area contributed by atoms with Crippen LogP contribution in [0.4, 0.5) is 0 Å². The Balaban J connectivity index is 0.00000191. The van der Waals surface area contributed by atoms with Crippen LogP contribution in [0.25, 0.3) is 0 Å². The van der Waals surface area contributed by atoms with E-state index in [0.29, 0.717) is 19.8 Å². The fourth-order valence-corrected chi connectivity index (χ4v) is 1.92. The molecule has 0 heterocycles. The number of ether oxygens (including phenoxy) is 4. The highest BCUT2D eigenvalue weighted by Gasteiger charge is 2.12. The molecular formula is C17H30O4. The Bertz CT molecular complexity index is 366. The predicted octanol–water partition coefficient (Wildman–Crippen LogP) is 3.46. The molecule has 1 rings (SSSR count). The molecule has 0 aliphatic rings. The molecule has 1 aromatic carbocycles. The molecule has 0 aliphatic carbocycles. The van der Waals surface area contributed by atoms with Gasteiger partial charge in [-0.05, 0) is 24.1 Å². The maximum Gasteiger partial charge on any atom is 0.122 e. The second-order valence-electron chi connectivity index (χ2n) is 4.30. The van der Waals surface area contributed by atoms with Gasteiger partial charge in [0, 0.05) is 27.2 Å². The van der Waals surface area contributed by atoms with Crippen LogP contribution in [0.1, 0.15) is 31.9 Å². The molecule has 122 valence electrons. The average Bonchev–Trinajstić information content (AvgIpc) is 2.54. The van der Waals surface area contributed by atoms with E-state index in [1.807, 2.05) is 26.8 Å². The van der Waals surface area contributed by atoms with Gasteiger partial charge >= 0.3 is 0 Å². The quantitative estimate of drug-likeness (QED) is 0.699. The Labute approximate surface area is 129 Å². The van der Waals surface area contributed by atoms with E-state index in [1.54, 1.807) is 21.3 Å². The zero-order chi connectivity index (χ0) is 16.1. The van der Waals surface area contributed by atoms with Crippen molar-refractivity contribution in [2.45, 2.75) is 39.9 Å². The van der Waals surface area contributed by atoms with E-state index in [0.717, 1.165) is 23.3 Å². The van der Waals surface area contributed by atoms with Crippen LogP contribution in [0.5, 0.6) is 5.75 Å². The number of hydrogen-bond acceptors (Lipinski definition) is 4. The third kappa shape index (κ3) is 7.46. The number of methoxy groups -OCH3 is 3. The molecule has 0 saturated heterocycles. The van der Waals surface area contributed by atoms with Crippen LogP contribution in [0, 0.1) is 0 Å². The summed E-state index contributed by atoms with van der Waals surface area (Å²) in [6, 6.07) is 6.12. The summed E-state index contributed by atoms with van der Waals surface area (Å²) in [5.74, 6) is 0.869. The molecule has 0 spiro atoms. The van der Waals surface area contributed by atoms with Gasteiger partial charge in [0.05, 0.1) is 26.4 Å². The van der Waals surface area contributed by atoms with Gasteiger partial charge in [-0.3, -0.25) is 0 Å². The molecule has 0 fully saturated rings. The first-order valence-electron chi connectivity index (χ1n) is 7.50. The van der Waals surface area contributed by atoms with Crippen molar-refractivity contribution in [3.63, 3.8) is 0 Å². The van der Waals surface area contributed by atoms with E-state index in [1.165, 1.54) is 0 Å². The van der Waals surface area contributed by atoms with Crippen LogP contribution in [0.2, 0.25) is 0 Å². The maximum atomic E-state index is 5.43. The molecule has 4 heteroatoms. The van der Waals surface area contributed by atoms with E-state index in [-0.39, 0.29) is 6.10 Å². The Morgan fingerprint density at radius 1 is 1.10 bits per heavy atom.